The van der Waals surface area contributed by atoms with Crippen molar-refractivity contribution < 1.29 is 19.4 Å². The van der Waals surface area contributed by atoms with Gasteiger partial charge in [0, 0.05) is 35.0 Å². The first kappa shape index (κ1) is 19.7. The number of carboxylic acid groups (broad SMARTS) is 1. The molecule has 1 heterocycles. The van der Waals surface area contributed by atoms with E-state index in [-0.39, 0.29) is 16.6 Å². The number of ether oxygens (including phenoxy) is 1. The number of benzene rings is 2. The molecule has 2 aromatic carbocycles. The minimum atomic E-state index is -1.09. The summed E-state index contributed by atoms with van der Waals surface area (Å²) in [4.78, 5) is 27.4. The standard InChI is InChI=1S/C19H16ClN3O4S/c1-21-13-6-12(17(24)23-19-22-9-16(28-19)18(25)26)7-14(8-13)27-10-11-4-2-3-5-15(11)20/h2-9,21H,10H2,1H3,(H,25,26)(H,22,23,24). The summed E-state index contributed by atoms with van der Waals surface area (Å²) in [6.07, 6.45) is 1.20. The van der Waals surface area contributed by atoms with Gasteiger partial charge < -0.3 is 15.2 Å². The number of amides is 1. The Morgan fingerprint density at radius 1 is 1.25 bits per heavy atom. The Hall–Kier alpha value is -3.10. The minimum Gasteiger partial charge on any atom is -0.489 e. The molecular weight excluding hydrogens is 402 g/mol. The lowest BCUT2D eigenvalue weighted by atomic mass is 10.1. The predicted molar refractivity (Wildman–Crippen MR) is 109 cm³/mol. The largest absolute Gasteiger partial charge is 0.489 e. The highest BCUT2D eigenvalue weighted by atomic mass is 35.5. The molecule has 0 unspecified atom stereocenters. The lowest BCUT2D eigenvalue weighted by molar-refractivity contribution is 0.0701. The number of nitrogens with zero attached hydrogens (tertiary/aromatic N) is 1. The third-order valence-electron chi connectivity index (χ3n) is 3.75. The molecule has 3 aromatic rings. The average molecular weight is 418 g/mol. The second kappa shape index (κ2) is 8.73. The Kier molecular flexibility index (Phi) is 6.13. The summed E-state index contributed by atoms with van der Waals surface area (Å²) in [5.74, 6) is -1.03. The van der Waals surface area contributed by atoms with Crippen molar-refractivity contribution in [2.45, 2.75) is 6.61 Å². The van der Waals surface area contributed by atoms with Crippen LogP contribution in [0.5, 0.6) is 5.75 Å². The Balaban J connectivity index is 1.76. The molecule has 3 N–H and O–H groups in total. The van der Waals surface area contributed by atoms with Gasteiger partial charge in [-0.15, -0.1) is 0 Å². The summed E-state index contributed by atoms with van der Waals surface area (Å²) < 4.78 is 5.80. The maximum Gasteiger partial charge on any atom is 0.347 e. The second-order valence-corrected chi connectivity index (χ2v) is 7.10. The molecule has 1 aromatic heterocycles. The SMILES string of the molecule is CNc1cc(OCc2ccccc2Cl)cc(C(=O)Nc2ncc(C(=O)O)s2)c1. The van der Waals surface area contributed by atoms with Gasteiger partial charge in [-0.05, 0) is 18.2 Å². The quantitative estimate of drug-likeness (QED) is 0.527. The summed E-state index contributed by atoms with van der Waals surface area (Å²) in [7, 11) is 1.73. The average Bonchev–Trinajstić information content (AvgIpc) is 3.16. The van der Waals surface area contributed by atoms with Crippen molar-refractivity contribution in [3.8, 4) is 5.75 Å². The monoisotopic (exact) mass is 417 g/mol. The van der Waals surface area contributed by atoms with E-state index in [0.29, 0.717) is 22.0 Å². The van der Waals surface area contributed by atoms with E-state index < -0.39 is 11.9 Å². The summed E-state index contributed by atoms with van der Waals surface area (Å²) in [5.41, 5.74) is 1.86. The molecule has 0 saturated carbocycles. The van der Waals surface area contributed by atoms with Crippen LogP contribution in [-0.2, 0) is 6.61 Å². The zero-order valence-corrected chi connectivity index (χ0v) is 16.3. The fourth-order valence-corrected chi connectivity index (χ4v) is 3.17. The van der Waals surface area contributed by atoms with Crippen LogP contribution in [0.25, 0.3) is 0 Å². The van der Waals surface area contributed by atoms with E-state index in [1.165, 1.54) is 6.20 Å². The summed E-state index contributed by atoms with van der Waals surface area (Å²) in [6, 6.07) is 12.4. The van der Waals surface area contributed by atoms with E-state index in [1.54, 1.807) is 31.3 Å². The van der Waals surface area contributed by atoms with Gasteiger partial charge in [-0.1, -0.05) is 41.1 Å². The predicted octanol–water partition coefficient (Wildman–Crippen LogP) is 4.37. The first-order valence-corrected chi connectivity index (χ1v) is 9.35. The van der Waals surface area contributed by atoms with Crippen molar-refractivity contribution in [3.63, 3.8) is 0 Å². The molecule has 0 aliphatic carbocycles. The summed E-state index contributed by atoms with van der Waals surface area (Å²) in [5, 5.41) is 15.3. The van der Waals surface area contributed by atoms with E-state index in [4.69, 9.17) is 21.4 Å². The highest BCUT2D eigenvalue weighted by molar-refractivity contribution is 7.17. The van der Waals surface area contributed by atoms with Crippen molar-refractivity contribution in [1.29, 1.82) is 0 Å². The van der Waals surface area contributed by atoms with Crippen LogP contribution < -0.4 is 15.4 Å². The summed E-state index contributed by atoms with van der Waals surface area (Å²) >= 11 is 7.02. The number of thiazole rings is 1. The molecule has 0 atom stereocenters. The lowest BCUT2D eigenvalue weighted by Gasteiger charge is -2.12. The third-order valence-corrected chi connectivity index (χ3v) is 5.02. The number of halogens is 1. The molecule has 144 valence electrons. The van der Waals surface area contributed by atoms with Gasteiger partial charge in [0.05, 0.1) is 6.20 Å². The molecule has 28 heavy (non-hydrogen) atoms. The maximum absolute atomic E-state index is 12.5. The normalized spacial score (nSPS) is 10.4. The maximum atomic E-state index is 12.5. The zero-order chi connectivity index (χ0) is 20.1. The molecule has 0 fully saturated rings. The van der Waals surface area contributed by atoms with Crippen LogP contribution in [0.1, 0.15) is 25.6 Å². The number of aromatic carboxylic acids is 1. The van der Waals surface area contributed by atoms with Crippen molar-refractivity contribution in [3.05, 3.63) is 69.7 Å². The number of carboxylic acids is 1. The molecule has 0 bridgehead atoms. The first-order chi connectivity index (χ1) is 13.5. The smallest absolute Gasteiger partial charge is 0.347 e. The van der Waals surface area contributed by atoms with Crippen molar-refractivity contribution in [2.75, 3.05) is 17.7 Å². The number of rotatable bonds is 7. The Labute approximate surface area is 169 Å². The first-order valence-electron chi connectivity index (χ1n) is 8.16. The van der Waals surface area contributed by atoms with Crippen LogP contribution in [0, 0.1) is 0 Å². The molecule has 0 radical (unpaired) electrons. The molecule has 0 aliphatic heterocycles. The van der Waals surface area contributed by atoms with Gasteiger partial charge in [0.15, 0.2) is 5.13 Å². The van der Waals surface area contributed by atoms with Crippen molar-refractivity contribution in [1.82, 2.24) is 4.98 Å². The van der Waals surface area contributed by atoms with Gasteiger partial charge in [-0.2, -0.15) is 0 Å². The molecule has 7 nitrogen and oxygen atoms in total. The number of anilines is 2. The third kappa shape index (κ3) is 4.79. The van der Waals surface area contributed by atoms with Gasteiger partial charge in [0.1, 0.15) is 17.2 Å². The van der Waals surface area contributed by atoms with Gasteiger partial charge >= 0.3 is 5.97 Å². The number of carbonyl (C=O) groups excluding carboxylic acids is 1. The van der Waals surface area contributed by atoms with Crippen LogP contribution in [-0.4, -0.2) is 29.0 Å². The highest BCUT2D eigenvalue weighted by Gasteiger charge is 2.14. The van der Waals surface area contributed by atoms with Gasteiger partial charge in [0.2, 0.25) is 0 Å². The van der Waals surface area contributed by atoms with Crippen LogP contribution in [0.15, 0.2) is 48.7 Å². The number of aromatic nitrogens is 1. The fourth-order valence-electron chi connectivity index (χ4n) is 2.33. The number of hydrogen-bond donors (Lipinski definition) is 3. The van der Waals surface area contributed by atoms with Crippen LogP contribution >= 0.6 is 22.9 Å². The molecule has 9 heteroatoms. The van der Waals surface area contributed by atoms with E-state index in [2.05, 4.69) is 15.6 Å². The molecule has 3 rings (SSSR count). The minimum absolute atomic E-state index is 0.0445. The van der Waals surface area contributed by atoms with Gasteiger partial charge in [-0.3, -0.25) is 10.1 Å². The molecule has 0 saturated heterocycles. The Bertz CT molecular complexity index is 1020. The molecule has 0 spiro atoms. The van der Waals surface area contributed by atoms with Crippen molar-refractivity contribution >= 4 is 45.6 Å². The van der Waals surface area contributed by atoms with E-state index >= 15 is 0 Å². The van der Waals surface area contributed by atoms with Gasteiger partial charge in [-0.25, -0.2) is 9.78 Å². The van der Waals surface area contributed by atoms with Crippen LogP contribution in [0.3, 0.4) is 0 Å². The number of nitrogens with one attached hydrogen (secondary N) is 2. The van der Waals surface area contributed by atoms with Crippen LogP contribution in [0.2, 0.25) is 5.02 Å². The molecule has 1 amide bonds. The van der Waals surface area contributed by atoms with E-state index in [0.717, 1.165) is 16.9 Å². The van der Waals surface area contributed by atoms with Gasteiger partial charge in [0.25, 0.3) is 5.91 Å². The van der Waals surface area contributed by atoms with Crippen molar-refractivity contribution in [2.24, 2.45) is 0 Å². The van der Waals surface area contributed by atoms with E-state index in [9.17, 15) is 9.59 Å². The number of carbonyl (C=O) groups is 2. The second-order valence-electron chi connectivity index (χ2n) is 5.67. The highest BCUT2D eigenvalue weighted by Crippen LogP contribution is 2.25. The summed E-state index contributed by atoms with van der Waals surface area (Å²) in [6.45, 7) is 0.252. The van der Waals surface area contributed by atoms with E-state index in [1.807, 2.05) is 18.2 Å². The Morgan fingerprint density at radius 3 is 2.71 bits per heavy atom. The Morgan fingerprint density at radius 2 is 2.04 bits per heavy atom. The lowest BCUT2D eigenvalue weighted by Crippen LogP contribution is -2.12. The zero-order valence-electron chi connectivity index (χ0n) is 14.7. The van der Waals surface area contributed by atoms with Crippen LogP contribution in [0.4, 0.5) is 10.8 Å². The topological polar surface area (TPSA) is 101 Å². The molecular formula is C19H16ClN3O4S. The number of hydrogen-bond acceptors (Lipinski definition) is 6. The fraction of sp³-hybridized carbons (Fsp3) is 0.105. The molecule has 0 aliphatic rings.